The Bertz CT molecular complexity index is 1500. The van der Waals surface area contributed by atoms with Crippen molar-refractivity contribution in [1.29, 1.82) is 0 Å². The zero-order valence-corrected chi connectivity index (χ0v) is 22.0. The van der Waals surface area contributed by atoms with Crippen molar-refractivity contribution in [3.05, 3.63) is 82.8 Å². The van der Waals surface area contributed by atoms with Gasteiger partial charge in [0.15, 0.2) is 0 Å². The highest BCUT2D eigenvalue weighted by Gasteiger charge is 2.33. The maximum absolute atomic E-state index is 13.3. The van der Waals surface area contributed by atoms with E-state index >= 15 is 0 Å². The standard InChI is InChI=1S/C17H10ClF3N2O3.C10H13FS/c18-14-12(26-17(19,20)21)6-5-11(22)13(14)8-3-4-10(16(24)25)15-9(8)2-1-7-23-15;1-10(2,3)8-5-4-7(12)6-9(8)11/h1-7H,22H2,(H,24,25);4-6,12H,1-3H3. The molecule has 11 heteroatoms. The van der Waals surface area contributed by atoms with Gasteiger partial charge in [-0.15, -0.1) is 25.8 Å². The minimum Gasteiger partial charge on any atom is -0.478 e. The van der Waals surface area contributed by atoms with Crippen molar-refractivity contribution in [2.75, 3.05) is 5.73 Å². The highest BCUT2D eigenvalue weighted by Crippen LogP contribution is 2.43. The maximum Gasteiger partial charge on any atom is 0.573 e. The van der Waals surface area contributed by atoms with Crippen LogP contribution in [-0.4, -0.2) is 22.4 Å². The fourth-order valence-corrected chi connectivity index (χ4v) is 4.22. The van der Waals surface area contributed by atoms with Gasteiger partial charge < -0.3 is 15.6 Å². The van der Waals surface area contributed by atoms with Crippen molar-refractivity contribution in [3.8, 4) is 16.9 Å². The Morgan fingerprint density at radius 3 is 2.34 bits per heavy atom. The molecular formula is C27H23ClF4N2O3S. The number of nitrogens with two attached hydrogens (primary N) is 1. The molecule has 3 aromatic carbocycles. The van der Waals surface area contributed by atoms with E-state index in [1.54, 1.807) is 18.2 Å². The number of carbonyl (C=O) groups is 1. The van der Waals surface area contributed by atoms with Crippen LogP contribution in [0.3, 0.4) is 0 Å². The molecule has 0 aliphatic carbocycles. The highest BCUT2D eigenvalue weighted by molar-refractivity contribution is 7.80. The lowest BCUT2D eigenvalue weighted by atomic mass is 9.87. The van der Waals surface area contributed by atoms with E-state index in [2.05, 4.69) is 22.3 Å². The van der Waals surface area contributed by atoms with Gasteiger partial charge in [0.25, 0.3) is 0 Å². The lowest BCUT2D eigenvalue weighted by molar-refractivity contribution is -0.274. The predicted molar refractivity (Wildman–Crippen MR) is 143 cm³/mol. The van der Waals surface area contributed by atoms with Crippen LogP contribution in [0.1, 0.15) is 36.7 Å². The van der Waals surface area contributed by atoms with Crippen molar-refractivity contribution in [2.45, 2.75) is 37.4 Å². The molecule has 4 rings (SSSR count). The highest BCUT2D eigenvalue weighted by atomic mass is 35.5. The van der Waals surface area contributed by atoms with E-state index in [4.69, 9.17) is 17.3 Å². The second-order valence-corrected chi connectivity index (χ2v) is 10.1. The molecule has 1 heterocycles. The molecule has 0 amide bonds. The number of anilines is 1. The van der Waals surface area contributed by atoms with Crippen LogP contribution in [0.2, 0.25) is 5.02 Å². The van der Waals surface area contributed by atoms with Gasteiger partial charge in [-0.1, -0.05) is 50.6 Å². The van der Waals surface area contributed by atoms with E-state index < -0.39 is 18.1 Å². The first kappa shape index (κ1) is 29.1. The third-order valence-corrected chi connectivity index (χ3v) is 6.05. The number of carboxylic acids is 1. The molecule has 0 spiro atoms. The first-order chi connectivity index (χ1) is 17.6. The molecule has 3 N–H and O–H groups in total. The van der Waals surface area contributed by atoms with Crippen LogP contribution in [0.15, 0.2) is 65.7 Å². The van der Waals surface area contributed by atoms with Crippen molar-refractivity contribution in [1.82, 2.24) is 4.98 Å². The summed E-state index contributed by atoms with van der Waals surface area (Å²) in [6, 6.07) is 13.2. The Hall–Kier alpha value is -3.50. The van der Waals surface area contributed by atoms with Gasteiger partial charge in [0.2, 0.25) is 0 Å². The Labute approximate surface area is 226 Å². The summed E-state index contributed by atoms with van der Waals surface area (Å²) in [5.74, 6) is -1.97. The topological polar surface area (TPSA) is 85.4 Å². The Morgan fingerprint density at radius 1 is 1.08 bits per heavy atom. The largest absolute Gasteiger partial charge is 0.573 e. The van der Waals surface area contributed by atoms with Crippen LogP contribution in [0.5, 0.6) is 5.75 Å². The van der Waals surface area contributed by atoms with Crippen LogP contribution in [0.25, 0.3) is 22.0 Å². The average molecular weight is 567 g/mol. The quantitative estimate of drug-likeness (QED) is 0.132. The zero-order valence-electron chi connectivity index (χ0n) is 20.4. The molecule has 38 heavy (non-hydrogen) atoms. The summed E-state index contributed by atoms with van der Waals surface area (Å²) < 4.78 is 54.9. The summed E-state index contributed by atoms with van der Waals surface area (Å²) in [7, 11) is 0. The minimum absolute atomic E-state index is 0.0539. The molecule has 0 saturated carbocycles. The molecule has 0 unspecified atom stereocenters. The molecule has 0 aliphatic rings. The summed E-state index contributed by atoms with van der Waals surface area (Å²) >= 11 is 10.2. The number of halogens is 5. The number of hydrogen-bond acceptors (Lipinski definition) is 5. The molecule has 1 aromatic heterocycles. The average Bonchev–Trinajstić information content (AvgIpc) is 2.79. The van der Waals surface area contributed by atoms with Gasteiger partial charge in [-0.25, -0.2) is 9.18 Å². The Balaban J connectivity index is 0.000000279. The van der Waals surface area contributed by atoms with E-state index in [9.17, 15) is 27.5 Å². The number of thiol groups is 1. The predicted octanol–water partition coefficient (Wildman–Crippen LogP) is 8.15. The zero-order chi connectivity index (χ0) is 28.4. The summed E-state index contributed by atoms with van der Waals surface area (Å²) in [6.45, 7) is 5.97. The van der Waals surface area contributed by atoms with Gasteiger partial charge in [0, 0.05) is 27.7 Å². The number of nitrogens with zero attached hydrogens (tertiary/aromatic N) is 1. The number of pyridine rings is 1. The van der Waals surface area contributed by atoms with Crippen LogP contribution in [0, 0.1) is 5.82 Å². The van der Waals surface area contributed by atoms with E-state index in [1.165, 1.54) is 30.5 Å². The van der Waals surface area contributed by atoms with Crippen molar-refractivity contribution >= 4 is 46.8 Å². The normalized spacial score (nSPS) is 11.6. The van der Waals surface area contributed by atoms with Gasteiger partial charge in [-0.05, 0) is 52.9 Å². The third kappa shape index (κ3) is 6.68. The minimum atomic E-state index is -4.92. The number of benzene rings is 3. The van der Waals surface area contributed by atoms with Crippen molar-refractivity contribution in [3.63, 3.8) is 0 Å². The number of alkyl halides is 3. The van der Waals surface area contributed by atoms with Gasteiger partial charge >= 0.3 is 12.3 Å². The fraction of sp³-hybridized carbons (Fsp3) is 0.185. The fourth-order valence-electron chi connectivity index (χ4n) is 3.72. The first-order valence-corrected chi connectivity index (χ1v) is 11.9. The second-order valence-electron chi connectivity index (χ2n) is 9.17. The molecule has 0 fully saturated rings. The Morgan fingerprint density at radius 2 is 1.76 bits per heavy atom. The number of ether oxygens (including phenoxy) is 1. The monoisotopic (exact) mass is 566 g/mol. The summed E-state index contributed by atoms with van der Waals surface area (Å²) in [6.07, 6.45) is -3.51. The van der Waals surface area contributed by atoms with Crippen molar-refractivity contribution < 1.29 is 32.2 Å². The van der Waals surface area contributed by atoms with E-state index in [-0.39, 0.29) is 38.6 Å². The van der Waals surface area contributed by atoms with E-state index in [1.807, 2.05) is 26.8 Å². The summed E-state index contributed by atoms with van der Waals surface area (Å²) in [5.41, 5.74) is 7.18. The number of carboxylic acid groups (broad SMARTS) is 1. The third-order valence-electron chi connectivity index (χ3n) is 5.39. The number of aromatic carboxylic acids is 1. The lowest BCUT2D eigenvalue weighted by Gasteiger charge is -2.19. The second kappa shape index (κ2) is 11.1. The van der Waals surface area contributed by atoms with Crippen LogP contribution < -0.4 is 10.5 Å². The summed E-state index contributed by atoms with van der Waals surface area (Å²) in [5, 5.41) is 9.33. The number of hydrogen-bond donors (Lipinski definition) is 3. The molecule has 0 atom stereocenters. The number of rotatable bonds is 3. The molecule has 200 valence electrons. The van der Waals surface area contributed by atoms with Gasteiger partial charge in [-0.3, -0.25) is 4.98 Å². The molecule has 5 nitrogen and oxygen atoms in total. The van der Waals surface area contributed by atoms with Crippen LogP contribution in [-0.2, 0) is 5.41 Å². The molecule has 0 saturated heterocycles. The van der Waals surface area contributed by atoms with Gasteiger partial charge in [0.1, 0.15) is 11.6 Å². The maximum atomic E-state index is 13.3. The number of fused-ring (bicyclic) bond motifs is 1. The smallest absolute Gasteiger partial charge is 0.478 e. The van der Waals surface area contributed by atoms with Crippen LogP contribution in [0.4, 0.5) is 23.2 Å². The molecule has 0 radical (unpaired) electrons. The van der Waals surface area contributed by atoms with Gasteiger partial charge in [-0.2, -0.15) is 0 Å². The molecule has 0 aliphatic heterocycles. The van der Waals surface area contributed by atoms with Crippen LogP contribution >= 0.6 is 24.2 Å². The molecular weight excluding hydrogens is 544 g/mol. The van der Waals surface area contributed by atoms with E-state index in [0.717, 1.165) is 11.6 Å². The summed E-state index contributed by atoms with van der Waals surface area (Å²) in [4.78, 5) is 16.1. The van der Waals surface area contributed by atoms with Crippen molar-refractivity contribution in [2.24, 2.45) is 0 Å². The number of aromatic nitrogens is 1. The lowest BCUT2D eigenvalue weighted by Crippen LogP contribution is -2.17. The Kier molecular flexibility index (Phi) is 8.48. The van der Waals surface area contributed by atoms with Gasteiger partial charge in [0.05, 0.1) is 16.1 Å². The first-order valence-electron chi connectivity index (χ1n) is 11.0. The SMILES string of the molecule is CC(C)(C)c1ccc(S)cc1F.Nc1ccc(OC(F)(F)F)c(Cl)c1-c1ccc(C(=O)O)c2ncccc12. The molecule has 4 aromatic rings. The number of nitrogen functional groups attached to an aromatic ring is 1. The molecule has 0 bridgehead atoms. The van der Waals surface area contributed by atoms with E-state index in [0.29, 0.717) is 15.8 Å².